The lowest BCUT2D eigenvalue weighted by Crippen LogP contribution is -2.37. The van der Waals surface area contributed by atoms with Crippen molar-refractivity contribution in [2.75, 3.05) is 13.7 Å². The Kier molecular flexibility index (Phi) is 4.60. The maximum absolute atomic E-state index is 14.0. The first kappa shape index (κ1) is 18.8. The van der Waals surface area contributed by atoms with E-state index in [9.17, 15) is 18.4 Å². The van der Waals surface area contributed by atoms with Crippen molar-refractivity contribution in [2.45, 2.75) is 12.6 Å². The van der Waals surface area contributed by atoms with Gasteiger partial charge < -0.3 is 14.6 Å². The van der Waals surface area contributed by atoms with E-state index in [2.05, 4.69) is 4.98 Å². The number of carbonyl (C=O) groups excluding carboxylic acids is 1. The molecule has 0 fully saturated rings. The van der Waals surface area contributed by atoms with Crippen LogP contribution in [0.1, 0.15) is 33.2 Å². The molecule has 1 unspecified atom stereocenters. The third-order valence-electron chi connectivity index (χ3n) is 5.07. The average molecular weight is 395 g/mol. The summed E-state index contributed by atoms with van der Waals surface area (Å²) in [5.74, 6) is -2.57. The van der Waals surface area contributed by atoms with Gasteiger partial charge in [0.2, 0.25) is 0 Å². The number of hydrogen-bond donors (Lipinski definition) is 1. The summed E-state index contributed by atoms with van der Waals surface area (Å²) >= 11 is 0. The van der Waals surface area contributed by atoms with Crippen molar-refractivity contribution in [2.24, 2.45) is 0 Å². The van der Waals surface area contributed by atoms with Crippen molar-refractivity contribution in [3.63, 3.8) is 0 Å². The van der Waals surface area contributed by atoms with Crippen LogP contribution in [0.2, 0.25) is 0 Å². The van der Waals surface area contributed by atoms with Crippen molar-refractivity contribution in [3.8, 4) is 6.07 Å². The molecule has 1 aliphatic heterocycles. The standard InChI is InChI=1S/C21H15F2N3O3/c1-26(21(28)12-4-2-3-11(5-12)8-24)18-10-29-9-17-19(18)13-6-15(22)16(23)7-14(13)20(27)25-17/h2-7,18H,9-10H2,1H3,(H,25,27). The van der Waals surface area contributed by atoms with Crippen molar-refractivity contribution in [1.29, 1.82) is 5.26 Å². The SMILES string of the molecule is CN(C(=O)c1cccc(C#N)c1)C1COCc2[nH]c(=O)c3cc(F)c(F)cc3c21. The normalized spacial score (nSPS) is 15.6. The predicted octanol–water partition coefficient (Wildman–Crippen LogP) is 3.02. The smallest absolute Gasteiger partial charge is 0.256 e. The molecule has 8 heteroatoms. The molecule has 1 atom stereocenters. The highest BCUT2D eigenvalue weighted by Crippen LogP contribution is 2.34. The lowest BCUT2D eigenvalue weighted by molar-refractivity contribution is 0.0335. The van der Waals surface area contributed by atoms with Crippen molar-refractivity contribution in [1.82, 2.24) is 9.88 Å². The van der Waals surface area contributed by atoms with Crippen LogP contribution in [0.25, 0.3) is 10.8 Å². The lowest BCUT2D eigenvalue weighted by Gasteiger charge is -2.34. The summed E-state index contributed by atoms with van der Waals surface area (Å²) in [5.41, 5.74) is 1.02. The Morgan fingerprint density at radius 1 is 1.24 bits per heavy atom. The van der Waals surface area contributed by atoms with Gasteiger partial charge in [-0.25, -0.2) is 8.78 Å². The maximum atomic E-state index is 14.0. The number of benzene rings is 2. The topological polar surface area (TPSA) is 86.2 Å². The Bertz CT molecular complexity index is 1250. The minimum Gasteiger partial charge on any atom is -0.373 e. The number of nitriles is 1. The van der Waals surface area contributed by atoms with Gasteiger partial charge in [-0.15, -0.1) is 0 Å². The van der Waals surface area contributed by atoms with Crippen LogP contribution in [0, 0.1) is 23.0 Å². The molecule has 1 aromatic heterocycles. The van der Waals surface area contributed by atoms with Crippen LogP contribution >= 0.6 is 0 Å². The van der Waals surface area contributed by atoms with Gasteiger partial charge in [0, 0.05) is 23.9 Å². The Morgan fingerprint density at radius 2 is 1.97 bits per heavy atom. The fourth-order valence-electron chi connectivity index (χ4n) is 3.61. The Labute approximate surface area is 163 Å². The monoisotopic (exact) mass is 395 g/mol. The van der Waals surface area contributed by atoms with Gasteiger partial charge >= 0.3 is 0 Å². The number of hydrogen-bond acceptors (Lipinski definition) is 4. The van der Waals surface area contributed by atoms with Crippen LogP contribution in [0.3, 0.4) is 0 Å². The number of pyridine rings is 1. The van der Waals surface area contributed by atoms with E-state index in [4.69, 9.17) is 10.00 Å². The quantitative estimate of drug-likeness (QED) is 0.723. The molecule has 0 saturated carbocycles. The molecule has 0 aliphatic carbocycles. The first-order chi connectivity index (χ1) is 13.9. The second-order valence-electron chi connectivity index (χ2n) is 6.80. The number of nitrogens with one attached hydrogen (secondary N) is 1. The van der Waals surface area contributed by atoms with Crippen molar-refractivity contribution >= 4 is 16.7 Å². The van der Waals surface area contributed by atoms with E-state index >= 15 is 0 Å². The fourth-order valence-corrected chi connectivity index (χ4v) is 3.61. The Hall–Kier alpha value is -3.57. The van der Waals surface area contributed by atoms with E-state index < -0.39 is 23.2 Å². The van der Waals surface area contributed by atoms with E-state index in [0.717, 1.165) is 12.1 Å². The van der Waals surface area contributed by atoms with Gasteiger partial charge in [0.15, 0.2) is 11.6 Å². The van der Waals surface area contributed by atoms with E-state index in [1.807, 2.05) is 6.07 Å². The summed E-state index contributed by atoms with van der Waals surface area (Å²) in [5, 5.41) is 9.30. The van der Waals surface area contributed by atoms with Crippen molar-refractivity contribution in [3.05, 3.63) is 80.8 Å². The molecule has 0 radical (unpaired) electrons. The second kappa shape index (κ2) is 7.11. The Morgan fingerprint density at radius 3 is 2.69 bits per heavy atom. The third-order valence-corrected chi connectivity index (χ3v) is 5.07. The summed E-state index contributed by atoms with van der Waals surface area (Å²) < 4.78 is 33.2. The van der Waals surface area contributed by atoms with Gasteiger partial charge in [0.05, 0.1) is 36.3 Å². The molecule has 3 aromatic rings. The number of fused-ring (bicyclic) bond motifs is 3. The number of nitrogens with zero attached hydrogens (tertiary/aromatic N) is 2. The highest BCUT2D eigenvalue weighted by molar-refractivity contribution is 5.95. The third kappa shape index (κ3) is 3.15. The van der Waals surface area contributed by atoms with Crippen LogP contribution in [-0.4, -0.2) is 29.4 Å². The minimum atomic E-state index is -1.12. The summed E-state index contributed by atoms with van der Waals surface area (Å²) in [4.78, 5) is 29.4. The number of rotatable bonds is 2. The number of amides is 1. The largest absolute Gasteiger partial charge is 0.373 e. The number of ether oxygens (including phenoxy) is 1. The first-order valence-electron chi connectivity index (χ1n) is 8.79. The zero-order chi connectivity index (χ0) is 20.7. The molecule has 0 bridgehead atoms. The summed E-state index contributed by atoms with van der Waals surface area (Å²) in [7, 11) is 1.56. The number of aromatic amines is 1. The summed E-state index contributed by atoms with van der Waals surface area (Å²) in [6.07, 6.45) is 0. The van der Waals surface area contributed by atoms with Crippen LogP contribution in [0.15, 0.2) is 41.2 Å². The first-order valence-corrected chi connectivity index (χ1v) is 8.79. The molecule has 6 nitrogen and oxygen atoms in total. The molecule has 0 spiro atoms. The van der Waals surface area contributed by atoms with Gasteiger partial charge in [0.1, 0.15) is 0 Å². The summed E-state index contributed by atoms with van der Waals surface area (Å²) in [6.45, 7) is 0.204. The molecule has 29 heavy (non-hydrogen) atoms. The van der Waals surface area contributed by atoms with Gasteiger partial charge in [-0.05, 0) is 35.7 Å². The van der Waals surface area contributed by atoms with E-state index in [-0.39, 0.29) is 29.9 Å². The average Bonchev–Trinajstić information content (AvgIpc) is 2.73. The van der Waals surface area contributed by atoms with E-state index in [0.29, 0.717) is 22.4 Å². The number of likely N-dealkylation sites (N-methyl/N-ethyl adjacent to an activating group) is 1. The van der Waals surface area contributed by atoms with Gasteiger partial charge in [0.25, 0.3) is 11.5 Å². The number of carbonyl (C=O) groups is 1. The van der Waals surface area contributed by atoms with Crippen LogP contribution in [0.4, 0.5) is 8.78 Å². The molecule has 1 amide bonds. The molecule has 146 valence electrons. The van der Waals surface area contributed by atoms with E-state index in [1.54, 1.807) is 25.2 Å². The number of halogens is 2. The van der Waals surface area contributed by atoms with Crippen LogP contribution in [-0.2, 0) is 11.3 Å². The maximum Gasteiger partial charge on any atom is 0.256 e. The molecule has 2 heterocycles. The minimum absolute atomic E-state index is 0.00174. The molecule has 2 aromatic carbocycles. The summed E-state index contributed by atoms with van der Waals surface area (Å²) in [6, 6.07) is 9.44. The zero-order valence-corrected chi connectivity index (χ0v) is 15.3. The second-order valence-corrected chi connectivity index (χ2v) is 6.80. The van der Waals surface area contributed by atoms with Gasteiger partial charge in [-0.1, -0.05) is 6.07 Å². The number of H-pyrrole nitrogens is 1. The highest BCUT2D eigenvalue weighted by Gasteiger charge is 2.31. The van der Waals surface area contributed by atoms with Gasteiger partial charge in [-0.2, -0.15) is 5.26 Å². The van der Waals surface area contributed by atoms with E-state index in [1.165, 1.54) is 11.0 Å². The Balaban J connectivity index is 1.85. The molecule has 0 saturated heterocycles. The molecule has 1 aliphatic rings. The fraction of sp³-hybridized carbons (Fsp3) is 0.190. The number of aromatic nitrogens is 1. The van der Waals surface area contributed by atoms with Gasteiger partial charge in [-0.3, -0.25) is 9.59 Å². The predicted molar refractivity (Wildman–Crippen MR) is 100 cm³/mol. The lowest BCUT2D eigenvalue weighted by atomic mass is 9.95. The zero-order valence-electron chi connectivity index (χ0n) is 15.3. The molecule has 4 rings (SSSR count). The molecular weight excluding hydrogens is 380 g/mol. The molecule has 1 N–H and O–H groups in total. The molecular formula is C21H15F2N3O3. The van der Waals surface area contributed by atoms with Crippen molar-refractivity contribution < 1.29 is 18.3 Å². The van der Waals surface area contributed by atoms with Crippen LogP contribution < -0.4 is 5.56 Å². The van der Waals surface area contributed by atoms with Crippen LogP contribution in [0.5, 0.6) is 0 Å². The highest BCUT2D eigenvalue weighted by atomic mass is 19.2.